The van der Waals surface area contributed by atoms with Gasteiger partial charge in [0.15, 0.2) is 0 Å². The SMILES string of the molecule is CC[C@H]1CN(C(=O)Nc2cc(Cl)ccc2C(=O)OC)c2ccccc2S1. The maximum Gasteiger partial charge on any atom is 0.339 e. The van der Waals surface area contributed by atoms with Crippen LogP contribution in [0.25, 0.3) is 0 Å². The van der Waals surface area contributed by atoms with Gasteiger partial charge in [-0.3, -0.25) is 4.90 Å². The summed E-state index contributed by atoms with van der Waals surface area (Å²) in [4.78, 5) is 27.7. The molecule has 3 rings (SSSR count). The van der Waals surface area contributed by atoms with Gasteiger partial charge in [-0.1, -0.05) is 30.7 Å². The highest BCUT2D eigenvalue weighted by Gasteiger charge is 2.28. The van der Waals surface area contributed by atoms with Crippen molar-refractivity contribution in [2.24, 2.45) is 0 Å². The summed E-state index contributed by atoms with van der Waals surface area (Å²) < 4.78 is 4.78. The maximum absolute atomic E-state index is 13.0. The molecule has 0 bridgehead atoms. The van der Waals surface area contributed by atoms with Crippen LogP contribution in [0.1, 0.15) is 23.7 Å². The molecule has 2 aromatic rings. The van der Waals surface area contributed by atoms with Gasteiger partial charge >= 0.3 is 12.0 Å². The Morgan fingerprint density at radius 1 is 1.31 bits per heavy atom. The molecule has 136 valence electrons. The minimum absolute atomic E-state index is 0.261. The van der Waals surface area contributed by atoms with Crippen molar-refractivity contribution in [1.29, 1.82) is 0 Å². The van der Waals surface area contributed by atoms with Crippen molar-refractivity contribution in [3.63, 3.8) is 0 Å². The Kier molecular flexibility index (Phi) is 5.74. The van der Waals surface area contributed by atoms with Gasteiger partial charge in [-0.25, -0.2) is 9.59 Å². The number of para-hydroxylation sites is 1. The van der Waals surface area contributed by atoms with Crippen LogP contribution in [0.15, 0.2) is 47.4 Å². The van der Waals surface area contributed by atoms with E-state index in [1.54, 1.807) is 34.9 Å². The van der Waals surface area contributed by atoms with E-state index in [2.05, 4.69) is 12.2 Å². The molecule has 0 spiro atoms. The van der Waals surface area contributed by atoms with Gasteiger partial charge in [-0.05, 0) is 36.8 Å². The van der Waals surface area contributed by atoms with Crippen LogP contribution in [0.3, 0.4) is 0 Å². The molecule has 1 heterocycles. The molecular formula is C19H19ClN2O3S. The van der Waals surface area contributed by atoms with Crippen molar-refractivity contribution in [3.8, 4) is 0 Å². The maximum atomic E-state index is 13.0. The van der Waals surface area contributed by atoms with Crippen LogP contribution in [0, 0.1) is 0 Å². The van der Waals surface area contributed by atoms with Crippen molar-refractivity contribution in [2.75, 3.05) is 23.9 Å². The average Bonchev–Trinajstić information content (AvgIpc) is 2.66. The highest BCUT2D eigenvalue weighted by Crippen LogP contribution is 2.39. The number of fused-ring (bicyclic) bond motifs is 1. The molecule has 2 amide bonds. The van der Waals surface area contributed by atoms with Crippen LogP contribution in [0.5, 0.6) is 0 Å². The van der Waals surface area contributed by atoms with Crippen molar-refractivity contribution in [3.05, 3.63) is 53.1 Å². The molecule has 0 radical (unpaired) electrons. The Labute approximate surface area is 161 Å². The predicted octanol–water partition coefficient (Wildman–Crippen LogP) is 5.05. The number of benzene rings is 2. The summed E-state index contributed by atoms with van der Waals surface area (Å²) in [7, 11) is 1.30. The number of nitrogens with one attached hydrogen (secondary N) is 1. The number of amides is 2. The summed E-state index contributed by atoms with van der Waals surface area (Å²) in [6.45, 7) is 2.70. The number of methoxy groups -OCH3 is 1. The van der Waals surface area contributed by atoms with Gasteiger partial charge in [0.25, 0.3) is 0 Å². The minimum Gasteiger partial charge on any atom is -0.465 e. The highest BCUT2D eigenvalue weighted by molar-refractivity contribution is 8.00. The van der Waals surface area contributed by atoms with Gasteiger partial charge < -0.3 is 10.1 Å². The van der Waals surface area contributed by atoms with Crippen molar-refractivity contribution in [2.45, 2.75) is 23.5 Å². The third kappa shape index (κ3) is 3.81. The van der Waals surface area contributed by atoms with Gasteiger partial charge in [0.2, 0.25) is 0 Å². The average molecular weight is 391 g/mol. The van der Waals surface area contributed by atoms with Crippen molar-refractivity contribution < 1.29 is 14.3 Å². The molecule has 5 nitrogen and oxygen atoms in total. The number of hydrogen-bond acceptors (Lipinski definition) is 4. The van der Waals surface area contributed by atoms with Gasteiger partial charge in [0, 0.05) is 21.7 Å². The standard InChI is InChI=1S/C19H19ClN2O3S/c1-3-13-11-22(16-6-4-5-7-17(16)26-13)19(24)21-15-10-12(20)8-9-14(15)18(23)25-2/h4-10,13H,3,11H2,1-2H3,(H,21,24)/t13-/m0/s1. The first kappa shape index (κ1) is 18.6. The van der Waals surface area contributed by atoms with Crippen LogP contribution in [0.4, 0.5) is 16.2 Å². The second kappa shape index (κ2) is 8.01. The lowest BCUT2D eigenvalue weighted by Crippen LogP contribution is -2.42. The highest BCUT2D eigenvalue weighted by atomic mass is 35.5. The molecule has 1 atom stereocenters. The van der Waals surface area contributed by atoms with Gasteiger partial charge in [-0.2, -0.15) is 0 Å². The summed E-state index contributed by atoms with van der Waals surface area (Å²) in [5, 5.41) is 3.55. The van der Waals surface area contributed by atoms with E-state index in [-0.39, 0.29) is 11.6 Å². The zero-order valence-corrected chi connectivity index (χ0v) is 16.1. The number of hydrogen-bond donors (Lipinski definition) is 1. The monoisotopic (exact) mass is 390 g/mol. The fraction of sp³-hybridized carbons (Fsp3) is 0.263. The molecule has 2 aromatic carbocycles. The zero-order valence-electron chi connectivity index (χ0n) is 14.5. The zero-order chi connectivity index (χ0) is 18.7. The number of nitrogens with zero attached hydrogens (tertiary/aromatic N) is 1. The largest absolute Gasteiger partial charge is 0.465 e. The van der Waals surface area contributed by atoms with E-state index in [1.165, 1.54) is 7.11 Å². The number of urea groups is 1. The van der Waals surface area contributed by atoms with E-state index in [9.17, 15) is 9.59 Å². The molecule has 0 fully saturated rings. The third-order valence-electron chi connectivity index (χ3n) is 4.16. The summed E-state index contributed by atoms with van der Waals surface area (Å²) in [5.74, 6) is -0.530. The van der Waals surface area contributed by atoms with Crippen LogP contribution in [-0.4, -0.2) is 30.9 Å². The van der Waals surface area contributed by atoms with Crippen LogP contribution in [-0.2, 0) is 4.74 Å². The van der Waals surface area contributed by atoms with Gasteiger partial charge in [-0.15, -0.1) is 11.8 Å². The lowest BCUT2D eigenvalue weighted by molar-refractivity contribution is 0.0602. The summed E-state index contributed by atoms with van der Waals surface area (Å²) >= 11 is 7.82. The molecule has 0 unspecified atom stereocenters. The Hall–Kier alpha value is -2.18. The summed E-state index contributed by atoms with van der Waals surface area (Å²) in [5.41, 5.74) is 1.46. The fourth-order valence-electron chi connectivity index (χ4n) is 2.79. The quantitative estimate of drug-likeness (QED) is 0.745. The minimum atomic E-state index is -0.530. The molecule has 1 aliphatic rings. The van der Waals surface area contributed by atoms with E-state index < -0.39 is 5.97 Å². The number of ether oxygens (including phenoxy) is 1. The Morgan fingerprint density at radius 2 is 2.08 bits per heavy atom. The summed E-state index contributed by atoms with van der Waals surface area (Å²) in [6, 6.07) is 12.2. The van der Waals surface area contributed by atoms with Crippen molar-refractivity contribution >= 4 is 46.7 Å². The number of carbonyl (C=O) groups is 2. The normalized spacial score (nSPS) is 16.0. The Bertz CT molecular complexity index is 843. The number of carbonyl (C=O) groups excluding carboxylic acids is 2. The molecule has 0 aliphatic carbocycles. The molecule has 1 aliphatic heterocycles. The number of halogens is 1. The number of anilines is 2. The van der Waals surface area contributed by atoms with Gasteiger partial charge in [0.1, 0.15) is 0 Å². The van der Waals surface area contributed by atoms with E-state index in [0.29, 0.717) is 22.5 Å². The Balaban J connectivity index is 1.91. The lowest BCUT2D eigenvalue weighted by Gasteiger charge is -2.33. The molecule has 0 saturated carbocycles. The number of thioether (sulfide) groups is 1. The van der Waals surface area contributed by atoms with E-state index in [0.717, 1.165) is 17.0 Å². The molecule has 0 aromatic heterocycles. The first-order valence-electron chi connectivity index (χ1n) is 8.25. The number of rotatable bonds is 3. The molecule has 0 saturated heterocycles. The topological polar surface area (TPSA) is 58.6 Å². The molecule has 7 heteroatoms. The molecular weight excluding hydrogens is 372 g/mol. The first-order chi connectivity index (χ1) is 12.5. The smallest absolute Gasteiger partial charge is 0.339 e. The van der Waals surface area contributed by atoms with Crippen LogP contribution in [0.2, 0.25) is 5.02 Å². The Morgan fingerprint density at radius 3 is 2.81 bits per heavy atom. The van der Waals surface area contributed by atoms with Crippen LogP contribution < -0.4 is 10.2 Å². The fourth-order valence-corrected chi connectivity index (χ4v) is 4.17. The molecule has 1 N–H and O–H groups in total. The lowest BCUT2D eigenvalue weighted by atomic mass is 10.1. The second-order valence-corrected chi connectivity index (χ2v) is 7.62. The molecule has 26 heavy (non-hydrogen) atoms. The van der Waals surface area contributed by atoms with Crippen LogP contribution >= 0.6 is 23.4 Å². The predicted molar refractivity (Wildman–Crippen MR) is 106 cm³/mol. The third-order valence-corrected chi connectivity index (χ3v) is 5.81. The first-order valence-corrected chi connectivity index (χ1v) is 9.51. The van der Waals surface area contributed by atoms with E-state index in [1.807, 2.05) is 24.3 Å². The van der Waals surface area contributed by atoms with Gasteiger partial charge in [0.05, 0.1) is 24.0 Å². The number of esters is 1. The second-order valence-electron chi connectivity index (χ2n) is 5.84. The van der Waals surface area contributed by atoms with Crippen molar-refractivity contribution in [1.82, 2.24) is 0 Å². The van der Waals surface area contributed by atoms with E-state index in [4.69, 9.17) is 16.3 Å². The van der Waals surface area contributed by atoms with E-state index >= 15 is 0 Å². The summed E-state index contributed by atoms with van der Waals surface area (Å²) in [6.07, 6.45) is 0.952.